The summed E-state index contributed by atoms with van der Waals surface area (Å²) in [5.41, 5.74) is 1.52. The predicted molar refractivity (Wildman–Crippen MR) is 112 cm³/mol. The van der Waals surface area contributed by atoms with E-state index in [1.165, 1.54) is 0 Å². The van der Waals surface area contributed by atoms with E-state index in [9.17, 15) is 4.79 Å². The van der Waals surface area contributed by atoms with Gasteiger partial charge in [0.1, 0.15) is 11.5 Å². The first-order valence-electron chi connectivity index (χ1n) is 9.33. The highest BCUT2D eigenvalue weighted by molar-refractivity contribution is 5.92. The molecule has 0 aromatic heterocycles. The van der Waals surface area contributed by atoms with Crippen LogP contribution in [-0.4, -0.2) is 19.1 Å². The molecule has 0 fully saturated rings. The van der Waals surface area contributed by atoms with E-state index in [1.807, 2.05) is 85.8 Å². The third kappa shape index (κ3) is 5.51. The Morgan fingerprint density at radius 3 is 2.21 bits per heavy atom. The zero-order valence-corrected chi connectivity index (χ0v) is 15.9. The summed E-state index contributed by atoms with van der Waals surface area (Å²) in [5.74, 6) is 2.08. The summed E-state index contributed by atoms with van der Waals surface area (Å²) in [6, 6.07) is 24.7. The highest BCUT2D eigenvalue weighted by Crippen LogP contribution is 2.29. The first kappa shape index (κ1) is 19.3. The van der Waals surface area contributed by atoms with Crippen LogP contribution in [0.1, 0.15) is 13.3 Å². The molecule has 2 N–H and O–H groups in total. The van der Waals surface area contributed by atoms with E-state index in [2.05, 4.69) is 10.6 Å². The molecule has 0 spiro atoms. The molecule has 0 radical (unpaired) electrons. The van der Waals surface area contributed by atoms with Crippen LogP contribution in [0.25, 0.3) is 0 Å². The van der Waals surface area contributed by atoms with E-state index in [0.717, 1.165) is 17.2 Å². The summed E-state index contributed by atoms with van der Waals surface area (Å²) in [5, 5.41) is 6.17. The van der Waals surface area contributed by atoms with Crippen molar-refractivity contribution in [3.8, 4) is 17.2 Å². The molecular weight excluding hydrogens is 352 g/mol. The summed E-state index contributed by atoms with van der Waals surface area (Å²) in [4.78, 5) is 12.3. The maximum atomic E-state index is 12.3. The molecule has 144 valence electrons. The molecule has 0 bridgehead atoms. The van der Waals surface area contributed by atoms with Gasteiger partial charge in [-0.2, -0.15) is 0 Å². The van der Waals surface area contributed by atoms with Crippen LogP contribution < -0.4 is 20.1 Å². The number of hydrogen-bond donors (Lipinski definition) is 2. The average molecular weight is 376 g/mol. The fraction of sp³-hybridized carbons (Fsp3) is 0.174. The van der Waals surface area contributed by atoms with Crippen LogP contribution in [0.2, 0.25) is 0 Å². The molecule has 5 heteroatoms. The maximum absolute atomic E-state index is 12.3. The van der Waals surface area contributed by atoms with Crippen molar-refractivity contribution in [2.75, 3.05) is 23.8 Å². The predicted octanol–water partition coefficient (Wildman–Crippen LogP) is 5.32. The second-order valence-corrected chi connectivity index (χ2v) is 6.07. The SMILES string of the molecule is CCOc1ccccc1NC(=O)CCNc1ccccc1Oc1ccccc1. The highest BCUT2D eigenvalue weighted by Gasteiger charge is 2.08. The minimum absolute atomic E-state index is 0.0823. The molecule has 0 atom stereocenters. The number of carbonyl (C=O) groups excluding carboxylic acids is 1. The first-order chi connectivity index (χ1) is 13.8. The van der Waals surface area contributed by atoms with Crippen LogP contribution in [0, 0.1) is 0 Å². The van der Waals surface area contributed by atoms with Gasteiger partial charge in [0.15, 0.2) is 5.75 Å². The summed E-state index contributed by atoms with van der Waals surface area (Å²) in [6.07, 6.45) is 0.320. The van der Waals surface area contributed by atoms with Crippen LogP contribution in [0.15, 0.2) is 78.9 Å². The van der Waals surface area contributed by atoms with Gasteiger partial charge in [-0.15, -0.1) is 0 Å². The minimum atomic E-state index is -0.0823. The summed E-state index contributed by atoms with van der Waals surface area (Å²) in [6.45, 7) is 2.95. The van der Waals surface area contributed by atoms with E-state index in [0.29, 0.717) is 31.0 Å². The van der Waals surface area contributed by atoms with Crippen molar-refractivity contribution in [3.05, 3.63) is 78.9 Å². The number of benzene rings is 3. The lowest BCUT2D eigenvalue weighted by Crippen LogP contribution is -2.17. The Bertz CT molecular complexity index is 897. The highest BCUT2D eigenvalue weighted by atomic mass is 16.5. The number of ether oxygens (including phenoxy) is 2. The normalized spacial score (nSPS) is 10.2. The lowest BCUT2D eigenvalue weighted by molar-refractivity contribution is -0.116. The second-order valence-electron chi connectivity index (χ2n) is 6.07. The molecule has 0 unspecified atom stereocenters. The second kappa shape index (κ2) is 10.0. The first-order valence-corrected chi connectivity index (χ1v) is 9.33. The zero-order chi connectivity index (χ0) is 19.6. The number of para-hydroxylation sites is 5. The third-order valence-corrected chi connectivity index (χ3v) is 3.99. The van der Waals surface area contributed by atoms with Crippen molar-refractivity contribution in [1.82, 2.24) is 0 Å². The Balaban J connectivity index is 1.55. The van der Waals surface area contributed by atoms with Gasteiger partial charge in [-0.25, -0.2) is 0 Å². The molecule has 0 saturated carbocycles. The largest absolute Gasteiger partial charge is 0.492 e. The third-order valence-electron chi connectivity index (χ3n) is 3.99. The van der Waals surface area contributed by atoms with E-state index in [-0.39, 0.29) is 5.91 Å². The molecule has 28 heavy (non-hydrogen) atoms. The van der Waals surface area contributed by atoms with Gasteiger partial charge in [-0.3, -0.25) is 4.79 Å². The van der Waals surface area contributed by atoms with Gasteiger partial charge in [0.2, 0.25) is 5.91 Å². The van der Waals surface area contributed by atoms with Gasteiger partial charge in [0, 0.05) is 13.0 Å². The van der Waals surface area contributed by atoms with E-state index < -0.39 is 0 Å². The van der Waals surface area contributed by atoms with Gasteiger partial charge in [0.05, 0.1) is 18.0 Å². The fourth-order valence-electron chi connectivity index (χ4n) is 2.69. The van der Waals surface area contributed by atoms with Gasteiger partial charge < -0.3 is 20.1 Å². The lowest BCUT2D eigenvalue weighted by atomic mass is 10.2. The Morgan fingerprint density at radius 2 is 1.46 bits per heavy atom. The molecule has 3 aromatic rings. The van der Waals surface area contributed by atoms with Crippen LogP contribution in [0.5, 0.6) is 17.2 Å². The van der Waals surface area contributed by atoms with E-state index >= 15 is 0 Å². The number of amides is 1. The molecule has 0 saturated heterocycles. The van der Waals surface area contributed by atoms with Crippen molar-refractivity contribution in [2.45, 2.75) is 13.3 Å². The fourth-order valence-corrected chi connectivity index (χ4v) is 2.69. The molecule has 5 nitrogen and oxygen atoms in total. The van der Waals surface area contributed by atoms with Crippen molar-refractivity contribution < 1.29 is 14.3 Å². The minimum Gasteiger partial charge on any atom is -0.492 e. The van der Waals surface area contributed by atoms with Gasteiger partial charge >= 0.3 is 0 Å². The zero-order valence-electron chi connectivity index (χ0n) is 15.9. The quantitative estimate of drug-likeness (QED) is 0.531. The van der Waals surface area contributed by atoms with E-state index in [4.69, 9.17) is 9.47 Å². The standard InChI is InChI=1S/C23H24N2O3/c1-2-27-21-14-8-7-13-20(21)25-23(26)16-17-24-19-12-6-9-15-22(19)28-18-10-4-3-5-11-18/h3-15,24H,2,16-17H2,1H3,(H,25,26). The molecular formula is C23H24N2O3. The van der Waals surface area contributed by atoms with Crippen LogP contribution in [-0.2, 0) is 4.79 Å². The molecule has 1 amide bonds. The summed E-state index contributed by atoms with van der Waals surface area (Å²) >= 11 is 0. The lowest BCUT2D eigenvalue weighted by Gasteiger charge is -2.14. The van der Waals surface area contributed by atoms with Crippen molar-refractivity contribution in [1.29, 1.82) is 0 Å². The molecule has 0 aliphatic carbocycles. The maximum Gasteiger partial charge on any atom is 0.226 e. The molecule has 0 aliphatic heterocycles. The van der Waals surface area contributed by atoms with Crippen LogP contribution >= 0.6 is 0 Å². The van der Waals surface area contributed by atoms with Gasteiger partial charge in [-0.05, 0) is 43.3 Å². The number of rotatable bonds is 9. The van der Waals surface area contributed by atoms with Crippen molar-refractivity contribution in [2.24, 2.45) is 0 Å². The molecule has 3 rings (SSSR count). The smallest absolute Gasteiger partial charge is 0.226 e. The number of carbonyl (C=O) groups is 1. The molecule has 0 aliphatic rings. The Kier molecular flexibility index (Phi) is 6.90. The summed E-state index contributed by atoms with van der Waals surface area (Å²) < 4.78 is 11.5. The monoisotopic (exact) mass is 376 g/mol. The van der Waals surface area contributed by atoms with Crippen LogP contribution in [0.3, 0.4) is 0 Å². The number of anilines is 2. The molecule has 0 heterocycles. The van der Waals surface area contributed by atoms with Crippen molar-refractivity contribution in [3.63, 3.8) is 0 Å². The Labute approximate surface area is 165 Å². The number of hydrogen-bond acceptors (Lipinski definition) is 4. The van der Waals surface area contributed by atoms with Crippen LogP contribution in [0.4, 0.5) is 11.4 Å². The van der Waals surface area contributed by atoms with Crippen molar-refractivity contribution >= 4 is 17.3 Å². The van der Waals surface area contributed by atoms with Gasteiger partial charge in [-0.1, -0.05) is 42.5 Å². The molecule has 3 aromatic carbocycles. The number of nitrogens with one attached hydrogen (secondary N) is 2. The van der Waals surface area contributed by atoms with Gasteiger partial charge in [0.25, 0.3) is 0 Å². The van der Waals surface area contributed by atoms with E-state index in [1.54, 1.807) is 0 Å². The Morgan fingerprint density at radius 1 is 0.821 bits per heavy atom. The topological polar surface area (TPSA) is 59.6 Å². The Hall–Kier alpha value is -3.47. The summed E-state index contributed by atoms with van der Waals surface area (Å²) in [7, 11) is 0. The average Bonchev–Trinajstić information content (AvgIpc) is 2.72.